The molecule has 0 atom stereocenters. The van der Waals surface area contributed by atoms with E-state index in [1.807, 2.05) is 25.1 Å². The number of aromatic hydroxyl groups is 2. The zero-order valence-corrected chi connectivity index (χ0v) is 12.4. The fourth-order valence-corrected chi connectivity index (χ4v) is 2.58. The summed E-state index contributed by atoms with van der Waals surface area (Å²) in [6.07, 6.45) is 0. The monoisotopic (exact) mass is 295 g/mol. The predicted molar refractivity (Wildman–Crippen MR) is 86.2 cm³/mol. The maximum absolute atomic E-state index is 10.2. The molecule has 0 bridgehead atoms. The van der Waals surface area contributed by atoms with Crippen molar-refractivity contribution in [1.82, 2.24) is 10.5 Å². The molecule has 2 aromatic carbocycles. The van der Waals surface area contributed by atoms with E-state index in [4.69, 9.17) is 0 Å². The normalized spacial score (nSPS) is 14.6. The van der Waals surface area contributed by atoms with Gasteiger partial charge in [-0.05, 0) is 25.1 Å². The number of nitrogens with zero attached hydrogens (tertiary/aromatic N) is 2. The Morgan fingerprint density at radius 1 is 0.909 bits per heavy atom. The lowest BCUT2D eigenvalue weighted by molar-refractivity contribution is 0.277. The van der Waals surface area contributed by atoms with Crippen molar-refractivity contribution in [3.05, 3.63) is 65.4 Å². The number of phenolic OH excluding ortho intramolecular Hbond substituents is 2. The first-order valence-corrected chi connectivity index (χ1v) is 6.95. The summed E-state index contributed by atoms with van der Waals surface area (Å²) in [4.78, 5) is 0. The van der Waals surface area contributed by atoms with Gasteiger partial charge < -0.3 is 10.2 Å². The molecular formula is C17H17N3O2. The van der Waals surface area contributed by atoms with Crippen LogP contribution in [0.5, 0.6) is 11.5 Å². The number of para-hydroxylation sites is 2. The molecule has 3 rings (SSSR count). The van der Waals surface area contributed by atoms with Crippen LogP contribution in [0.15, 0.2) is 59.3 Å². The standard InChI is InChI=1S/C17H17N3O2/c1-11-16(12-7-3-5-9-14(12)21)17(19-20(2)18-11)13-8-4-6-10-15(13)22/h3-10,18,21-22H,1-2H3. The van der Waals surface area contributed by atoms with Crippen molar-refractivity contribution >= 4 is 11.3 Å². The highest BCUT2D eigenvalue weighted by atomic mass is 16.3. The van der Waals surface area contributed by atoms with E-state index in [9.17, 15) is 10.2 Å². The summed E-state index contributed by atoms with van der Waals surface area (Å²) in [6.45, 7) is 1.91. The van der Waals surface area contributed by atoms with E-state index in [1.165, 1.54) is 0 Å². The third-order valence-corrected chi connectivity index (χ3v) is 3.52. The summed E-state index contributed by atoms with van der Waals surface area (Å²) in [6, 6.07) is 14.1. The van der Waals surface area contributed by atoms with Crippen molar-refractivity contribution < 1.29 is 10.2 Å². The molecule has 1 aliphatic rings. The van der Waals surface area contributed by atoms with E-state index in [-0.39, 0.29) is 11.5 Å². The average molecular weight is 295 g/mol. The molecule has 1 aliphatic heterocycles. The third-order valence-electron chi connectivity index (χ3n) is 3.52. The van der Waals surface area contributed by atoms with E-state index >= 15 is 0 Å². The van der Waals surface area contributed by atoms with E-state index in [0.29, 0.717) is 16.8 Å². The largest absolute Gasteiger partial charge is 0.507 e. The molecule has 0 spiro atoms. The maximum Gasteiger partial charge on any atom is 0.125 e. The minimum Gasteiger partial charge on any atom is -0.507 e. The molecule has 0 radical (unpaired) electrons. The Bertz CT molecular complexity index is 781. The number of hydrazone groups is 1. The van der Waals surface area contributed by atoms with Gasteiger partial charge in [-0.2, -0.15) is 5.10 Å². The first-order valence-electron chi connectivity index (χ1n) is 6.95. The SMILES string of the molecule is CC1=C(c2ccccc2O)C(c2ccccc2O)=NN(C)N1. The van der Waals surface area contributed by atoms with E-state index in [1.54, 1.807) is 42.5 Å². The van der Waals surface area contributed by atoms with Crippen LogP contribution in [0.25, 0.3) is 5.57 Å². The van der Waals surface area contributed by atoms with Crippen LogP contribution in [0.2, 0.25) is 0 Å². The smallest absolute Gasteiger partial charge is 0.125 e. The lowest BCUT2D eigenvalue weighted by Gasteiger charge is -2.27. The molecule has 5 nitrogen and oxygen atoms in total. The van der Waals surface area contributed by atoms with Crippen LogP contribution in [-0.2, 0) is 0 Å². The Morgan fingerprint density at radius 3 is 2.05 bits per heavy atom. The number of allylic oxidation sites excluding steroid dienone is 2. The third kappa shape index (κ3) is 2.37. The van der Waals surface area contributed by atoms with Gasteiger partial charge in [0.25, 0.3) is 0 Å². The van der Waals surface area contributed by atoms with Crippen molar-refractivity contribution in [3.8, 4) is 11.5 Å². The van der Waals surface area contributed by atoms with Gasteiger partial charge in [-0.3, -0.25) is 5.43 Å². The molecule has 0 amide bonds. The minimum atomic E-state index is 0.150. The molecule has 0 fully saturated rings. The molecule has 5 heteroatoms. The topological polar surface area (TPSA) is 68.1 Å². The number of phenols is 2. The minimum absolute atomic E-state index is 0.150. The van der Waals surface area contributed by atoms with Gasteiger partial charge in [0, 0.05) is 29.4 Å². The van der Waals surface area contributed by atoms with Gasteiger partial charge in [-0.15, -0.1) is 0 Å². The lowest BCUT2D eigenvalue weighted by atomic mass is 9.93. The van der Waals surface area contributed by atoms with Gasteiger partial charge in [0.1, 0.15) is 17.2 Å². The number of nitrogens with one attached hydrogen (secondary N) is 1. The molecule has 0 aliphatic carbocycles. The van der Waals surface area contributed by atoms with Crippen LogP contribution in [0, 0.1) is 0 Å². The highest BCUT2D eigenvalue weighted by Crippen LogP contribution is 2.33. The number of benzene rings is 2. The molecular weight excluding hydrogens is 278 g/mol. The molecule has 2 aromatic rings. The molecule has 0 saturated heterocycles. The maximum atomic E-state index is 10.2. The van der Waals surface area contributed by atoms with Crippen LogP contribution >= 0.6 is 0 Å². The van der Waals surface area contributed by atoms with Crippen molar-refractivity contribution in [2.45, 2.75) is 6.92 Å². The first-order chi connectivity index (χ1) is 10.6. The highest BCUT2D eigenvalue weighted by molar-refractivity contribution is 6.33. The summed E-state index contributed by atoms with van der Waals surface area (Å²) in [7, 11) is 1.78. The van der Waals surface area contributed by atoms with Crippen molar-refractivity contribution in [3.63, 3.8) is 0 Å². The number of hydrogen-bond acceptors (Lipinski definition) is 5. The van der Waals surface area contributed by atoms with Gasteiger partial charge in [0.2, 0.25) is 0 Å². The van der Waals surface area contributed by atoms with Gasteiger partial charge in [-0.25, -0.2) is 5.12 Å². The predicted octanol–water partition coefficient (Wildman–Crippen LogP) is 2.68. The van der Waals surface area contributed by atoms with Gasteiger partial charge >= 0.3 is 0 Å². The van der Waals surface area contributed by atoms with Crippen molar-refractivity contribution in [1.29, 1.82) is 0 Å². The van der Waals surface area contributed by atoms with Crippen LogP contribution in [0.1, 0.15) is 18.1 Å². The average Bonchev–Trinajstić information content (AvgIpc) is 2.48. The van der Waals surface area contributed by atoms with E-state index < -0.39 is 0 Å². The highest BCUT2D eigenvalue weighted by Gasteiger charge is 2.24. The Morgan fingerprint density at radius 2 is 1.45 bits per heavy atom. The van der Waals surface area contributed by atoms with E-state index in [2.05, 4.69) is 10.5 Å². The number of hydrogen-bond donors (Lipinski definition) is 3. The van der Waals surface area contributed by atoms with Crippen LogP contribution in [-0.4, -0.2) is 28.1 Å². The fraction of sp³-hybridized carbons (Fsp3) is 0.118. The van der Waals surface area contributed by atoms with Crippen LogP contribution < -0.4 is 5.43 Å². The molecule has 1 heterocycles. The summed E-state index contributed by atoms with van der Waals surface area (Å²) < 4.78 is 0. The second kappa shape index (κ2) is 5.44. The number of hydrazine groups is 1. The Balaban J connectivity index is 2.22. The van der Waals surface area contributed by atoms with E-state index in [0.717, 1.165) is 11.3 Å². The summed E-state index contributed by atoms with van der Waals surface area (Å²) in [5.41, 5.74) is 6.61. The number of rotatable bonds is 2. The molecule has 112 valence electrons. The second-order valence-corrected chi connectivity index (χ2v) is 5.12. The first kappa shape index (κ1) is 14.0. The Hall–Kier alpha value is -2.95. The molecule has 0 unspecified atom stereocenters. The molecule has 0 aromatic heterocycles. The van der Waals surface area contributed by atoms with Crippen molar-refractivity contribution in [2.24, 2.45) is 5.10 Å². The summed E-state index contributed by atoms with van der Waals surface area (Å²) >= 11 is 0. The Labute approximate surface area is 128 Å². The zero-order chi connectivity index (χ0) is 15.7. The fourth-order valence-electron chi connectivity index (χ4n) is 2.58. The molecule has 22 heavy (non-hydrogen) atoms. The Kier molecular flexibility index (Phi) is 3.47. The summed E-state index contributed by atoms with van der Waals surface area (Å²) in [5, 5.41) is 26.4. The lowest BCUT2D eigenvalue weighted by Crippen LogP contribution is -2.35. The quantitative estimate of drug-likeness (QED) is 0.797. The molecule has 0 saturated carbocycles. The molecule has 3 N–H and O–H groups in total. The van der Waals surface area contributed by atoms with Gasteiger partial charge in [-0.1, -0.05) is 30.3 Å². The van der Waals surface area contributed by atoms with Gasteiger partial charge in [0.15, 0.2) is 0 Å². The van der Waals surface area contributed by atoms with Gasteiger partial charge in [0.05, 0.1) is 0 Å². The summed E-state index contributed by atoms with van der Waals surface area (Å²) in [5.74, 6) is 0.323. The van der Waals surface area contributed by atoms with Crippen molar-refractivity contribution in [2.75, 3.05) is 7.05 Å². The zero-order valence-electron chi connectivity index (χ0n) is 12.4. The second-order valence-electron chi connectivity index (χ2n) is 5.12. The van der Waals surface area contributed by atoms with Crippen LogP contribution in [0.3, 0.4) is 0 Å². The van der Waals surface area contributed by atoms with Crippen LogP contribution in [0.4, 0.5) is 0 Å².